The second-order valence-electron chi connectivity index (χ2n) is 7.68. The van der Waals surface area contributed by atoms with Gasteiger partial charge in [0.05, 0.1) is 16.3 Å². The van der Waals surface area contributed by atoms with E-state index in [9.17, 15) is 9.59 Å². The van der Waals surface area contributed by atoms with Crippen LogP contribution >= 0.6 is 23.4 Å². The number of thioether (sulfide) groups is 1. The molecule has 0 unspecified atom stereocenters. The number of rotatable bonds is 6. The number of hydrogen-bond donors (Lipinski definition) is 1. The lowest BCUT2D eigenvalue weighted by Gasteiger charge is -2.16. The number of aryl methyl sites for hydroxylation is 2. The quantitative estimate of drug-likeness (QED) is 0.413. The summed E-state index contributed by atoms with van der Waals surface area (Å²) in [5.41, 5.74) is 4.13. The minimum Gasteiger partial charge on any atom is -0.481 e. The Hall–Kier alpha value is -3.55. The fourth-order valence-corrected chi connectivity index (χ4v) is 4.42. The third-order valence-electron chi connectivity index (χ3n) is 4.97. The van der Waals surface area contributed by atoms with Crippen LogP contribution in [0.1, 0.15) is 16.7 Å². The zero-order chi connectivity index (χ0) is 24.2. The maximum atomic E-state index is 13.5. The van der Waals surface area contributed by atoms with Gasteiger partial charge < -0.3 is 9.84 Å². The van der Waals surface area contributed by atoms with Crippen LogP contribution in [0.15, 0.2) is 76.6 Å². The standard InChI is InChI=1S/C26H21ClN2O4S/c1-16-3-8-20(9-4-16)28-26-29(21-10-5-17(2)6-11-21)25(32)23(34-26)14-18-13-19(27)7-12-22(18)33-15-24(30)31/h3-14H,15H2,1-2H3,(H,30,31)/b23-14-,28-26?. The van der Waals surface area contributed by atoms with Gasteiger partial charge in [-0.1, -0.05) is 47.0 Å². The molecule has 8 heteroatoms. The van der Waals surface area contributed by atoms with Crippen LogP contribution in [0.2, 0.25) is 5.02 Å². The summed E-state index contributed by atoms with van der Waals surface area (Å²) in [6.07, 6.45) is 1.65. The van der Waals surface area contributed by atoms with Crippen molar-refractivity contribution >= 4 is 57.9 Å². The highest BCUT2D eigenvalue weighted by molar-refractivity contribution is 8.19. The molecule has 3 aromatic rings. The van der Waals surface area contributed by atoms with Crippen LogP contribution < -0.4 is 9.64 Å². The van der Waals surface area contributed by atoms with Crippen molar-refractivity contribution in [2.24, 2.45) is 4.99 Å². The molecule has 0 aromatic heterocycles. The molecule has 1 amide bonds. The Morgan fingerprint density at radius 2 is 1.71 bits per heavy atom. The summed E-state index contributed by atoms with van der Waals surface area (Å²) < 4.78 is 5.39. The maximum absolute atomic E-state index is 13.5. The number of ether oxygens (including phenoxy) is 1. The SMILES string of the molecule is Cc1ccc(N=C2S/C(=C\c3cc(Cl)ccc3OCC(=O)O)C(=O)N2c2ccc(C)cc2)cc1. The number of aliphatic carboxylic acids is 1. The van der Waals surface area contributed by atoms with Crippen LogP contribution in [0, 0.1) is 13.8 Å². The van der Waals surface area contributed by atoms with Crippen molar-refractivity contribution in [2.75, 3.05) is 11.5 Å². The van der Waals surface area contributed by atoms with Crippen molar-refractivity contribution in [3.05, 3.63) is 93.3 Å². The molecule has 1 heterocycles. The van der Waals surface area contributed by atoms with Gasteiger partial charge in [-0.15, -0.1) is 0 Å². The molecule has 0 spiro atoms. The first-order valence-corrected chi connectivity index (χ1v) is 11.6. The van der Waals surface area contributed by atoms with E-state index in [0.717, 1.165) is 16.8 Å². The molecule has 6 nitrogen and oxygen atoms in total. The monoisotopic (exact) mass is 492 g/mol. The van der Waals surface area contributed by atoms with Gasteiger partial charge in [0.15, 0.2) is 11.8 Å². The molecular weight excluding hydrogens is 472 g/mol. The number of hydrogen-bond acceptors (Lipinski definition) is 5. The van der Waals surface area contributed by atoms with E-state index in [1.165, 1.54) is 11.8 Å². The first kappa shape index (κ1) is 23.6. The van der Waals surface area contributed by atoms with Crippen molar-refractivity contribution in [3.8, 4) is 5.75 Å². The van der Waals surface area contributed by atoms with Gasteiger partial charge in [0, 0.05) is 10.6 Å². The zero-order valence-electron chi connectivity index (χ0n) is 18.5. The number of halogens is 1. The van der Waals surface area contributed by atoms with Crippen LogP contribution in [0.25, 0.3) is 6.08 Å². The van der Waals surface area contributed by atoms with Crippen LogP contribution in [-0.2, 0) is 9.59 Å². The summed E-state index contributed by atoms with van der Waals surface area (Å²) in [7, 11) is 0. The molecule has 34 heavy (non-hydrogen) atoms. The maximum Gasteiger partial charge on any atom is 0.341 e. The molecule has 1 aliphatic rings. The van der Waals surface area contributed by atoms with Gasteiger partial charge in [0.2, 0.25) is 0 Å². The molecule has 1 N–H and O–H groups in total. The van der Waals surface area contributed by atoms with Gasteiger partial charge in [-0.3, -0.25) is 9.69 Å². The lowest BCUT2D eigenvalue weighted by Crippen LogP contribution is -2.28. The van der Waals surface area contributed by atoms with Gasteiger partial charge in [-0.25, -0.2) is 9.79 Å². The topological polar surface area (TPSA) is 79.2 Å². The molecule has 0 radical (unpaired) electrons. The van der Waals surface area contributed by atoms with Gasteiger partial charge in [-0.2, -0.15) is 0 Å². The minimum absolute atomic E-state index is 0.246. The zero-order valence-corrected chi connectivity index (χ0v) is 20.1. The van der Waals surface area contributed by atoms with Crippen molar-refractivity contribution in [1.82, 2.24) is 0 Å². The average molecular weight is 493 g/mol. The number of nitrogens with zero attached hydrogens (tertiary/aromatic N) is 2. The Balaban J connectivity index is 1.76. The van der Waals surface area contributed by atoms with Crippen LogP contribution in [0.5, 0.6) is 5.75 Å². The molecular formula is C26H21ClN2O4S. The fraction of sp³-hybridized carbons (Fsp3) is 0.115. The lowest BCUT2D eigenvalue weighted by molar-refractivity contribution is -0.139. The number of aliphatic imine (C=N–C) groups is 1. The lowest BCUT2D eigenvalue weighted by atomic mass is 10.1. The van der Waals surface area contributed by atoms with E-state index in [0.29, 0.717) is 32.1 Å². The van der Waals surface area contributed by atoms with Gasteiger partial charge in [0.25, 0.3) is 5.91 Å². The van der Waals surface area contributed by atoms with Crippen LogP contribution in [0.4, 0.5) is 11.4 Å². The first-order valence-electron chi connectivity index (χ1n) is 10.4. The third kappa shape index (κ3) is 5.50. The van der Waals surface area contributed by atoms with Gasteiger partial charge in [0.1, 0.15) is 5.75 Å². The number of carboxylic acid groups (broad SMARTS) is 1. The summed E-state index contributed by atoms with van der Waals surface area (Å²) in [5, 5.41) is 9.92. The highest BCUT2D eigenvalue weighted by Crippen LogP contribution is 2.38. The summed E-state index contributed by atoms with van der Waals surface area (Å²) in [6, 6.07) is 20.2. The Morgan fingerprint density at radius 3 is 2.35 bits per heavy atom. The van der Waals surface area contributed by atoms with Crippen LogP contribution in [-0.4, -0.2) is 28.8 Å². The number of anilines is 1. The molecule has 1 saturated heterocycles. The molecule has 4 rings (SSSR count). The summed E-state index contributed by atoms with van der Waals surface area (Å²) in [6.45, 7) is 3.47. The van der Waals surface area contributed by atoms with Gasteiger partial charge in [-0.05, 0) is 74.1 Å². The number of carboxylic acids is 1. The summed E-state index contributed by atoms with van der Waals surface area (Å²) >= 11 is 7.39. The van der Waals surface area contributed by atoms with Crippen LogP contribution in [0.3, 0.4) is 0 Å². The molecule has 0 atom stereocenters. The molecule has 0 saturated carbocycles. The predicted octanol–water partition coefficient (Wildman–Crippen LogP) is 6.23. The first-order chi connectivity index (χ1) is 16.3. The third-order valence-corrected chi connectivity index (χ3v) is 6.17. The van der Waals surface area contributed by atoms with E-state index in [-0.39, 0.29) is 5.91 Å². The Labute approximate surface area is 206 Å². The molecule has 1 fully saturated rings. The smallest absolute Gasteiger partial charge is 0.341 e. The average Bonchev–Trinajstić information content (AvgIpc) is 3.10. The van der Waals surface area contributed by atoms with Gasteiger partial charge >= 0.3 is 5.97 Å². The van der Waals surface area contributed by atoms with Crippen molar-refractivity contribution < 1.29 is 19.4 Å². The van der Waals surface area contributed by atoms with Crippen molar-refractivity contribution in [2.45, 2.75) is 13.8 Å². The number of benzene rings is 3. The van der Waals surface area contributed by atoms with E-state index >= 15 is 0 Å². The normalized spacial score (nSPS) is 15.9. The highest BCUT2D eigenvalue weighted by atomic mass is 35.5. The van der Waals surface area contributed by atoms with E-state index in [1.807, 2.05) is 62.4 Å². The Kier molecular flexibility index (Phi) is 7.05. The molecule has 0 aliphatic carbocycles. The highest BCUT2D eigenvalue weighted by Gasteiger charge is 2.35. The Bertz CT molecular complexity index is 1300. The predicted molar refractivity (Wildman–Crippen MR) is 137 cm³/mol. The largest absolute Gasteiger partial charge is 0.481 e. The summed E-state index contributed by atoms with van der Waals surface area (Å²) in [4.78, 5) is 31.2. The second-order valence-corrected chi connectivity index (χ2v) is 9.13. The van der Waals surface area contributed by atoms with E-state index < -0.39 is 12.6 Å². The number of amides is 1. The molecule has 1 aliphatic heterocycles. The van der Waals surface area contributed by atoms with Crippen molar-refractivity contribution in [3.63, 3.8) is 0 Å². The van der Waals surface area contributed by atoms with E-state index in [2.05, 4.69) is 0 Å². The molecule has 0 bridgehead atoms. The summed E-state index contributed by atoms with van der Waals surface area (Å²) in [5.74, 6) is -1.03. The number of carbonyl (C=O) groups excluding carboxylic acids is 1. The van der Waals surface area contributed by atoms with E-state index in [4.69, 9.17) is 26.4 Å². The number of amidine groups is 1. The Morgan fingerprint density at radius 1 is 1.06 bits per heavy atom. The fourth-order valence-electron chi connectivity index (χ4n) is 3.24. The molecule has 3 aromatic carbocycles. The number of carbonyl (C=O) groups is 2. The van der Waals surface area contributed by atoms with Crippen molar-refractivity contribution in [1.29, 1.82) is 0 Å². The van der Waals surface area contributed by atoms with E-state index in [1.54, 1.807) is 29.2 Å². The minimum atomic E-state index is -1.10. The second kappa shape index (κ2) is 10.2. The molecule has 172 valence electrons.